The van der Waals surface area contributed by atoms with Crippen molar-refractivity contribution in [2.45, 2.75) is 64.3 Å². The van der Waals surface area contributed by atoms with Gasteiger partial charge in [0.2, 0.25) is 0 Å². The van der Waals surface area contributed by atoms with E-state index >= 15 is 0 Å². The molecule has 20 heavy (non-hydrogen) atoms. The lowest BCUT2D eigenvalue weighted by atomic mass is 9.92. The Morgan fingerprint density at radius 3 is 2.95 bits per heavy atom. The molecule has 1 aliphatic carbocycles. The minimum absolute atomic E-state index is 0.379. The van der Waals surface area contributed by atoms with Crippen LogP contribution in [0.15, 0.2) is 0 Å². The molecule has 0 N–H and O–H groups in total. The van der Waals surface area contributed by atoms with E-state index in [-0.39, 0.29) is 0 Å². The van der Waals surface area contributed by atoms with Crippen LogP contribution in [0.3, 0.4) is 0 Å². The van der Waals surface area contributed by atoms with Gasteiger partial charge in [-0.15, -0.1) is 0 Å². The first-order valence-electron chi connectivity index (χ1n) is 7.97. The highest BCUT2D eigenvalue weighted by molar-refractivity contribution is 7.17. The van der Waals surface area contributed by atoms with Gasteiger partial charge in [-0.05, 0) is 43.9 Å². The van der Waals surface area contributed by atoms with Crippen molar-refractivity contribution >= 4 is 22.8 Å². The summed E-state index contributed by atoms with van der Waals surface area (Å²) in [6, 6.07) is 0.680. The largest absolute Gasteiger partial charge is 0.345 e. The molecule has 1 saturated heterocycles. The molecular formula is C16H24N2OS. The van der Waals surface area contributed by atoms with E-state index in [1.165, 1.54) is 32.1 Å². The first kappa shape index (κ1) is 14.1. The minimum Gasteiger partial charge on any atom is -0.345 e. The van der Waals surface area contributed by atoms with Crippen molar-refractivity contribution in [3.8, 4) is 0 Å². The number of hydrogen-bond donors (Lipinski definition) is 0. The minimum atomic E-state index is 0.379. The summed E-state index contributed by atoms with van der Waals surface area (Å²) in [6.45, 7) is 5.44. The molecule has 3 rings (SSSR count). The molecule has 1 aliphatic heterocycles. The van der Waals surface area contributed by atoms with E-state index in [9.17, 15) is 4.79 Å². The standard InChI is InChI=1S/C16H24N2OS/c1-3-11(2)15-14(10-19)20-16(17-15)18-9-5-7-12-6-4-8-13(12)18/h10-13H,3-9H2,1-2H3. The van der Waals surface area contributed by atoms with Crippen LogP contribution in [-0.4, -0.2) is 23.9 Å². The maximum Gasteiger partial charge on any atom is 0.186 e. The number of piperidine rings is 1. The predicted molar refractivity (Wildman–Crippen MR) is 83.9 cm³/mol. The number of aldehydes is 1. The predicted octanol–water partition coefficient (Wildman–Crippen LogP) is 4.24. The maximum absolute atomic E-state index is 11.3. The van der Waals surface area contributed by atoms with E-state index in [1.54, 1.807) is 11.3 Å². The molecule has 0 spiro atoms. The Kier molecular flexibility index (Phi) is 4.11. The average Bonchev–Trinajstić information content (AvgIpc) is 3.12. The number of hydrogen-bond acceptors (Lipinski definition) is 4. The van der Waals surface area contributed by atoms with Gasteiger partial charge in [0, 0.05) is 12.6 Å². The second-order valence-electron chi connectivity index (χ2n) is 6.27. The second-order valence-corrected chi connectivity index (χ2v) is 7.28. The Balaban J connectivity index is 1.89. The molecule has 2 fully saturated rings. The summed E-state index contributed by atoms with van der Waals surface area (Å²) in [5.74, 6) is 1.24. The summed E-state index contributed by atoms with van der Waals surface area (Å²) < 4.78 is 0. The van der Waals surface area contributed by atoms with Crippen LogP contribution in [0.5, 0.6) is 0 Å². The number of aromatic nitrogens is 1. The summed E-state index contributed by atoms with van der Waals surface area (Å²) >= 11 is 1.61. The van der Waals surface area contributed by atoms with Gasteiger partial charge in [0.1, 0.15) is 0 Å². The molecule has 1 aromatic rings. The second kappa shape index (κ2) is 5.84. The van der Waals surface area contributed by atoms with E-state index < -0.39 is 0 Å². The number of rotatable bonds is 4. The summed E-state index contributed by atoms with van der Waals surface area (Å²) in [7, 11) is 0. The number of nitrogens with zero attached hydrogens (tertiary/aromatic N) is 2. The third kappa shape index (κ3) is 2.39. The zero-order chi connectivity index (χ0) is 14.1. The van der Waals surface area contributed by atoms with E-state index in [4.69, 9.17) is 4.98 Å². The van der Waals surface area contributed by atoms with Gasteiger partial charge in [-0.1, -0.05) is 31.6 Å². The Bertz CT molecular complexity index is 485. The molecule has 3 nitrogen and oxygen atoms in total. The topological polar surface area (TPSA) is 33.2 Å². The van der Waals surface area contributed by atoms with Crippen molar-refractivity contribution in [2.75, 3.05) is 11.4 Å². The van der Waals surface area contributed by atoms with Gasteiger partial charge in [-0.2, -0.15) is 0 Å². The fourth-order valence-electron chi connectivity index (χ4n) is 3.78. The zero-order valence-corrected chi connectivity index (χ0v) is 13.3. The van der Waals surface area contributed by atoms with Gasteiger partial charge >= 0.3 is 0 Å². The maximum atomic E-state index is 11.3. The number of anilines is 1. The van der Waals surface area contributed by atoms with E-state index in [0.717, 1.165) is 40.9 Å². The Morgan fingerprint density at radius 2 is 2.20 bits per heavy atom. The Labute approximate surface area is 125 Å². The van der Waals surface area contributed by atoms with E-state index in [0.29, 0.717) is 12.0 Å². The molecule has 1 aromatic heterocycles. The summed E-state index contributed by atoms with van der Waals surface area (Å²) in [5.41, 5.74) is 1.02. The molecule has 1 saturated carbocycles. The lowest BCUT2D eigenvalue weighted by molar-refractivity contribution is 0.112. The summed E-state index contributed by atoms with van der Waals surface area (Å²) in [4.78, 5) is 19.5. The van der Waals surface area contributed by atoms with Crippen LogP contribution in [0.2, 0.25) is 0 Å². The highest BCUT2D eigenvalue weighted by atomic mass is 32.1. The van der Waals surface area contributed by atoms with E-state index in [2.05, 4.69) is 18.7 Å². The van der Waals surface area contributed by atoms with Crippen molar-refractivity contribution in [3.05, 3.63) is 10.6 Å². The normalized spacial score (nSPS) is 27.4. The summed E-state index contributed by atoms with van der Waals surface area (Å²) in [5, 5.41) is 1.10. The number of carbonyl (C=O) groups is 1. The van der Waals surface area contributed by atoms with Crippen LogP contribution in [0, 0.1) is 5.92 Å². The van der Waals surface area contributed by atoms with Gasteiger partial charge in [0.05, 0.1) is 10.6 Å². The van der Waals surface area contributed by atoms with Crippen molar-refractivity contribution in [1.82, 2.24) is 4.98 Å². The molecule has 0 amide bonds. The molecular weight excluding hydrogens is 268 g/mol. The van der Waals surface area contributed by atoms with Gasteiger partial charge in [0.15, 0.2) is 11.4 Å². The van der Waals surface area contributed by atoms with Crippen molar-refractivity contribution in [3.63, 3.8) is 0 Å². The lowest BCUT2D eigenvalue weighted by Crippen LogP contribution is -2.42. The molecule has 0 bridgehead atoms. The monoisotopic (exact) mass is 292 g/mol. The highest BCUT2D eigenvalue weighted by Crippen LogP contribution is 2.41. The number of fused-ring (bicyclic) bond motifs is 1. The fourth-order valence-corrected chi connectivity index (χ4v) is 4.86. The fraction of sp³-hybridized carbons (Fsp3) is 0.750. The average molecular weight is 292 g/mol. The molecule has 2 heterocycles. The van der Waals surface area contributed by atoms with Gasteiger partial charge in [-0.3, -0.25) is 4.79 Å². The molecule has 0 radical (unpaired) electrons. The third-order valence-electron chi connectivity index (χ3n) is 5.09. The van der Waals surface area contributed by atoms with Gasteiger partial charge in [0.25, 0.3) is 0 Å². The van der Waals surface area contributed by atoms with Crippen LogP contribution in [-0.2, 0) is 0 Å². The number of thiazole rings is 1. The molecule has 3 atom stereocenters. The van der Waals surface area contributed by atoms with Crippen LogP contribution < -0.4 is 4.90 Å². The molecule has 0 aromatic carbocycles. The van der Waals surface area contributed by atoms with Crippen LogP contribution in [0.25, 0.3) is 0 Å². The Morgan fingerprint density at radius 1 is 1.40 bits per heavy atom. The summed E-state index contributed by atoms with van der Waals surface area (Å²) in [6.07, 6.45) is 8.73. The van der Waals surface area contributed by atoms with Crippen molar-refractivity contribution in [1.29, 1.82) is 0 Å². The smallest absolute Gasteiger partial charge is 0.186 e. The highest BCUT2D eigenvalue weighted by Gasteiger charge is 2.36. The van der Waals surface area contributed by atoms with Crippen LogP contribution in [0.4, 0.5) is 5.13 Å². The Hall–Kier alpha value is -0.900. The van der Waals surface area contributed by atoms with Crippen molar-refractivity contribution < 1.29 is 4.79 Å². The molecule has 3 unspecified atom stereocenters. The van der Waals surface area contributed by atoms with Crippen molar-refractivity contribution in [2.24, 2.45) is 5.92 Å². The van der Waals surface area contributed by atoms with Crippen LogP contribution in [0.1, 0.15) is 73.7 Å². The van der Waals surface area contributed by atoms with E-state index in [1.807, 2.05) is 0 Å². The molecule has 110 valence electrons. The zero-order valence-electron chi connectivity index (χ0n) is 12.5. The quantitative estimate of drug-likeness (QED) is 0.778. The number of carbonyl (C=O) groups excluding carboxylic acids is 1. The van der Waals surface area contributed by atoms with Gasteiger partial charge in [-0.25, -0.2) is 4.98 Å². The molecule has 2 aliphatic rings. The van der Waals surface area contributed by atoms with Crippen LogP contribution >= 0.6 is 11.3 Å². The molecule has 4 heteroatoms. The first-order chi connectivity index (χ1) is 9.74. The van der Waals surface area contributed by atoms with Gasteiger partial charge < -0.3 is 4.90 Å². The first-order valence-corrected chi connectivity index (χ1v) is 8.78. The lowest BCUT2D eigenvalue weighted by Gasteiger charge is -2.37. The SMILES string of the molecule is CCC(C)c1nc(N2CCCC3CCCC32)sc1C=O. The third-order valence-corrected chi connectivity index (χ3v) is 6.13.